The third kappa shape index (κ3) is 5.19. The molecule has 2 aromatic heterocycles. The molecule has 1 fully saturated rings. The van der Waals surface area contributed by atoms with Crippen LogP contribution in [0.15, 0.2) is 64.6 Å². The number of ether oxygens (including phenoxy) is 1. The molecule has 152 valence electrons. The van der Waals surface area contributed by atoms with Crippen molar-refractivity contribution in [2.24, 2.45) is 0 Å². The van der Waals surface area contributed by atoms with E-state index in [-0.39, 0.29) is 5.91 Å². The Morgan fingerprint density at radius 3 is 2.69 bits per heavy atom. The van der Waals surface area contributed by atoms with E-state index in [9.17, 15) is 4.79 Å². The lowest BCUT2D eigenvalue weighted by Gasteiger charge is -2.36. The van der Waals surface area contributed by atoms with Gasteiger partial charge in [0.25, 0.3) is 5.91 Å². The van der Waals surface area contributed by atoms with Gasteiger partial charge in [-0.15, -0.1) is 11.3 Å². The van der Waals surface area contributed by atoms with E-state index in [2.05, 4.69) is 21.2 Å². The minimum atomic E-state index is 0.0151. The van der Waals surface area contributed by atoms with Crippen molar-refractivity contribution in [3.05, 3.63) is 70.8 Å². The summed E-state index contributed by atoms with van der Waals surface area (Å²) in [5, 5.41) is 4.92. The summed E-state index contributed by atoms with van der Waals surface area (Å²) in [5.41, 5.74) is 1.12. The summed E-state index contributed by atoms with van der Waals surface area (Å²) in [6.07, 6.45) is 1.66. The number of piperazine rings is 1. The molecule has 0 spiro atoms. The van der Waals surface area contributed by atoms with Gasteiger partial charge < -0.3 is 19.4 Å². The van der Waals surface area contributed by atoms with Crippen molar-refractivity contribution in [2.45, 2.75) is 6.61 Å². The third-order valence-corrected chi connectivity index (χ3v) is 5.86. The van der Waals surface area contributed by atoms with Gasteiger partial charge in [-0.2, -0.15) is 0 Å². The number of amides is 1. The number of benzene rings is 1. The molecule has 0 unspecified atom stereocenters. The second-order valence-corrected chi connectivity index (χ2v) is 7.85. The van der Waals surface area contributed by atoms with Crippen LogP contribution in [0.4, 0.5) is 5.69 Å². The molecule has 1 aromatic carbocycles. The SMILES string of the molecule is O=C(NCCN1CCN(c2ccccc2OCc2ccco2)CC1)c1cccs1. The quantitative estimate of drug-likeness (QED) is 0.615. The largest absolute Gasteiger partial charge is 0.483 e. The van der Waals surface area contributed by atoms with Crippen LogP contribution in [-0.4, -0.2) is 50.1 Å². The fraction of sp³-hybridized carbons (Fsp3) is 0.318. The predicted octanol–water partition coefficient (Wildman–Crippen LogP) is 3.47. The van der Waals surface area contributed by atoms with Gasteiger partial charge in [-0.3, -0.25) is 9.69 Å². The van der Waals surface area contributed by atoms with Gasteiger partial charge in [-0.05, 0) is 35.7 Å². The van der Waals surface area contributed by atoms with E-state index in [0.717, 1.165) is 54.8 Å². The summed E-state index contributed by atoms with van der Waals surface area (Å²) < 4.78 is 11.4. The lowest BCUT2D eigenvalue weighted by molar-refractivity contribution is 0.0952. The van der Waals surface area contributed by atoms with Crippen molar-refractivity contribution in [1.29, 1.82) is 0 Å². The Morgan fingerprint density at radius 1 is 1.07 bits per heavy atom. The predicted molar refractivity (Wildman–Crippen MR) is 115 cm³/mol. The molecule has 1 aliphatic heterocycles. The molecule has 6 nitrogen and oxygen atoms in total. The fourth-order valence-corrected chi connectivity index (χ4v) is 4.06. The number of rotatable bonds is 8. The molecule has 0 aliphatic carbocycles. The van der Waals surface area contributed by atoms with Gasteiger partial charge in [-0.25, -0.2) is 0 Å². The molecule has 1 N–H and O–H groups in total. The standard InChI is InChI=1S/C22H25N3O3S/c26-22(21-8-4-16-29-21)23-9-10-24-11-13-25(14-12-24)19-6-1-2-7-20(19)28-17-18-5-3-15-27-18/h1-8,15-16H,9-14,17H2,(H,23,26). The molecule has 1 amide bonds. The minimum Gasteiger partial charge on any atom is -0.483 e. The summed E-state index contributed by atoms with van der Waals surface area (Å²) >= 11 is 1.47. The number of thiophene rings is 1. The molecular formula is C22H25N3O3S. The summed E-state index contributed by atoms with van der Waals surface area (Å²) in [6, 6.07) is 15.7. The monoisotopic (exact) mass is 411 g/mol. The number of furan rings is 1. The third-order valence-electron chi connectivity index (χ3n) is 4.99. The number of carbonyl (C=O) groups is 1. The van der Waals surface area contributed by atoms with Crippen LogP contribution < -0.4 is 15.0 Å². The molecule has 3 heterocycles. The Morgan fingerprint density at radius 2 is 1.93 bits per heavy atom. The zero-order valence-electron chi connectivity index (χ0n) is 16.3. The maximum atomic E-state index is 12.0. The van der Waals surface area contributed by atoms with E-state index < -0.39 is 0 Å². The van der Waals surface area contributed by atoms with Gasteiger partial charge in [0, 0.05) is 39.3 Å². The molecule has 1 aliphatic rings. The first kappa shape index (κ1) is 19.5. The highest BCUT2D eigenvalue weighted by Gasteiger charge is 2.20. The number of anilines is 1. The van der Waals surface area contributed by atoms with Gasteiger partial charge in [0.2, 0.25) is 0 Å². The summed E-state index contributed by atoms with van der Waals surface area (Å²) in [5.74, 6) is 1.70. The van der Waals surface area contributed by atoms with Crippen LogP contribution in [0.2, 0.25) is 0 Å². The van der Waals surface area contributed by atoms with Crippen LogP contribution in [0.25, 0.3) is 0 Å². The molecule has 29 heavy (non-hydrogen) atoms. The number of carbonyl (C=O) groups excluding carboxylic acids is 1. The van der Waals surface area contributed by atoms with Crippen LogP contribution in [0.3, 0.4) is 0 Å². The first-order chi connectivity index (χ1) is 14.3. The Kier molecular flexibility index (Phi) is 6.49. The maximum absolute atomic E-state index is 12.0. The normalized spacial score (nSPS) is 14.7. The molecule has 3 aromatic rings. The lowest BCUT2D eigenvalue weighted by atomic mass is 10.2. The van der Waals surface area contributed by atoms with Crippen LogP contribution in [0, 0.1) is 0 Å². The summed E-state index contributed by atoms with van der Waals surface area (Å²) in [4.78, 5) is 17.5. The van der Waals surface area contributed by atoms with E-state index in [1.165, 1.54) is 11.3 Å². The average Bonchev–Trinajstić information content (AvgIpc) is 3.47. The number of nitrogens with zero attached hydrogens (tertiary/aromatic N) is 2. The molecule has 7 heteroatoms. The van der Waals surface area contributed by atoms with E-state index in [1.807, 2.05) is 47.8 Å². The van der Waals surface area contributed by atoms with Crippen molar-refractivity contribution in [3.63, 3.8) is 0 Å². The maximum Gasteiger partial charge on any atom is 0.261 e. The molecule has 0 saturated carbocycles. The van der Waals surface area contributed by atoms with Crippen LogP contribution in [-0.2, 0) is 6.61 Å². The Bertz CT molecular complexity index is 888. The van der Waals surface area contributed by atoms with E-state index in [0.29, 0.717) is 13.2 Å². The second-order valence-electron chi connectivity index (χ2n) is 6.90. The molecular weight excluding hydrogens is 386 g/mol. The summed E-state index contributed by atoms with van der Waals surface area (Å²) in [6.45, 7) is 5.73. The minimum absolute atomic E-state index is 0.0151. The Hall–Kier alpha value is -2.77. The van der Waals surface area contributed by atoms with Gasteiger partial charge in [-0.1, -0.05) is 18.2 Å². The van der Waals surface area contributed by atoms with Gasteiger partial charge >= 0.3 is 0 Å². The molecule has 1 saturated heterocycles. The molecule has 4 rings (SSSR count). The Labute approximate surface area is 174 Å². The average molecular weight is 412 g/mol. The van der Waals surface area contributed by atoms with E-state index in [4.69, 9.17) is 9.15 Å². The van der Waals surface area contributed by atoms with Gasteiger partial charge in [0.05, 0.1) is 16.8 Å². The highest BCUT2D eigenvalue weighted by Crippen LogP contribution is 2.29. The van der Waals surface area contributed by atoms with Crippen LogP contribution in [0.1, 0.15) is 15.4 Å². The second kappa shape index (κ2) is 9.62. The van der Waals surface area contributed by atoms with Crippen molar-refractivity contribution in [2.75, 3.05) is 44.2 Å². The summed E-state index contributed by atoms with van der Waals surface area (Å²) in [7, 11) is 0. The Balaban J connectivity index is 1.24. The number of hydrogen-bond donors (Lipinski definition) is 1. The highest BCUT2D eigenvalue weighted by atomic mass is 32.1. The van der Waals surface area contributed by atoms with Crippen molar-refractivity contribution in [1.82, 2.24) is 10.2 Å². The lowest BCUT2D eigenvalue weighted by Crippen LogP contribution is -2.48. The smallest absolute Gasteiger partial charge is 0.261 e. The number of hydrogen-bond acceptors (Lipinski definition) is 6. The molecule has 0 radical (unpaired) electrons. The first-order valence-corrected chi connectivity index (χ1v) is 10.7. The van der Waals surface area contributed by atoms with Crippen molar-refractivity contribution < 1.29 is 13.9 Å². The van der Waals surface area contributed by atoms with Gasteiger partial charge in [0.1, 0.15) is 18.1 Å². The van der Waals surface area contributed by atoms with E-state index in [1.54, 1.807) is 6.26 Å². The van der Waals surface area contributed by atoms with Crippen molar-refractivity contribution in [3.8, 4) is 5.75 Å². The fourth-order valence-electron chi connectivity index (χ4n) is 3.42. The van der Waals surface area contributed by atoms with Crippen molar-refractivity contribution >= 4 is 22.9 Å². The van der Waals surface area contributed by atoms with Crippen LogP contribution in [0.5, 0.6) is 5.75 Å². The first-order valence-electron chi connectivity index (χ1n) is 9.83. The van der Waals surface area contributed by atoms with Gasteiger partial charge in [0.15, 0.2) is 0 Å². The number of nitrogens with one attached hydrogen (secondary N) is 1. The molecule has 0 bridgehead atoms. The number of para-hydroxylation sites is 2. The van der Waals surface area contributed by atoms with E-state index >= 15 is 0 Å². The zero-order chi connectivity index (χ0) is 19.9. The topological polar surface area (TPSA) is 58.0 Å². The molecule has 0 atom stereocenters. The zero-order valence-corrected chi connectivity index (χ0v) is 17.1. The van der Waals surface area contributed by atoms with Crippen LogP contribution >= 0.6 is 11.3 Å². The highest BCUT2D eigenvalue weighted by molar-refractivity contribution is 7.12.